The third kappa shape index (κ3) is 4.72. The second kappa shape index (κ2) is 8.19. The second-order valence-electron chi connectivity index (χ2n) is 6.31. The molecule has 0 aliphatic heterocycles. The molecule has 0 unspecified atom stereocenters. The molecule has 0 amide bonds. The Morgan fingerprint density at radius 1 is 1.10 bits per heavy atom. The highest BCUT2D eigenvalue weighted by molar-refractivity contribution is 7.89. The first-order valence-electron chi connectivity index (χ1n) is 8.58. The van der Waals surface area contributed by atoms with E-state index in [0.29, 0.717) is 25.0 Å². The normalized spacial score (nSPS) is 13.4. The summed E-state index contributed by atoms with van der Waals surface area (Å²) in [6.45, 7) is 3.38. The number of nitrogens with zero attached hydrogens (tertiary/aromatic N) is 2. The molecule has 2 N–H and O–H groups in total. The molecule has 162 valence electrons. The van der Waals surface area contributed by atoms with E-state index in [1.807, 2.05) is 0 Å². The van der Waals surface area contributed by atoms with Crippen LogP contribution in [0.2, 0.25) is 0 Å². The summed E-state index contributed by atoms with van der Waals surface area (Å²) in [5, 5.41) is -0.229. The predicted octanol–water partition coefficient (Wildman–Crippen LogP) is 2.77. The van der Waals surface area contributed by atoms with E-state index in [1.165, 1.54) is 0 Å². The molecule has 0 atom stereocenters. The monoisotopic (exact) mass is 456 g/mol. The molecule has 8 nitrogen and oxygen atoms in total. The van der Waals surface area contributed by atoms with Gasteiger partial charge in [0, 0.05) is 24.5 Å². The van der Waals surface area contributed by atoms with Gasteiger partial charge >= 0.3 is 13.9 Å². The first kappa shape index (κ1) is 23.6. The van der Waals surface area contributed by atoms with Crippen molar-refractivity contribution in [3.05, 3.63) is 40.2 Å². The molecule has 2 aromatic rings. The van der Waals surface area contributed by atoms with Gasteiger partial charge in [-0.3, -0.25) is 4.79 Å². The number of hydrogen-bond acceptors (Lipinski definition) is 4. The van der Waals surface area contributed by atoms with Crippen LogP contribution < -0.4 is 5.56 Å². The maximum atomic E-state index is 13.7. The third-order valence-electron chi connectivity index (χ3n) is 4.10. The molecule has 0 aliphatic rings. The van der Waals surface area contributed by atoms with Gasteiger partial charge in [-0.25, -0.2) is 17.3 Å². The molecule has 0 radical (unpaired) electrons. The van der Waals surface area contributed by atoms with E-state index in [0.717, 1.165) is 16.4 Å². The number of pyridine rings is 1. The number of alkyl halides is 3. The minimum atomic E-state index is -5.29. The summed E-state index contributed by atoms with van der Waals surface area (Å²) >= 11 is 0. The van der Waals surface area contributed by atoms with E-state index in [2.05, 4.69) is 0 Å². The van der Waals surface area contributed by atoms with Gasteiger partial charge in [-0.15, -0.1) is 0 Å². The van der Waals surface area contributed by atoms with Crippen molar-refractivity contribution in [2.75, 3.05) is 13.1 Å². The van der Waals surface area contributed by atoms with Crippen LogP contribution >= 0.6 is 7.75 Å². The molecule has 0 bridgehead atoms. The average Bonchev–Trinajstić information content (AvgIpc) is 2.58. The van der Waals surface area contributed by atoms with Crippen LogP contribution in [-0.4, -0.2) is 39.9 Å². The van der Waals surface area contributed by atoms with Crippen molar-refractivity contribution in [1.82, 2.24) is 8.64 Å². The Morgan fingerprint density at radius 3 is 2.10 bits per heavy atom. The van der Waals surface area contributed by atoms with Crippen LogP contribution in [0.5, 0.6) is 0 Å². The number of fused-ring (bicyclic) bond motifs is 1. The zero-order valence-corrected chi connectivity index (χ0v) is 17.3. The van der Waals surface area contributed by atoms with Gasteiger partial charge in [-0.05, 0) is 31.0 Å². The predicted molar refractivity (Wildman–Crippen MR) is 100.0 cm³/mol. The number of aromatic nitrogens is 1. The van der Waals surface area contributed by atoms with Crippen molar-refractivity contribution in [1.29, 1.82) is 0 Å². The number of halogens is 3. The highest BCUT2D eigenvalue weighted by atomic mass is 32.2. The van der Waals surface area contributed by atoms with Crippen LogP contribution in [0.25, 0.3) is 10.9 Å². The third-order valence-corrected chi connectivity index (χ3v) is 6.97. The van der Waals surface area contributed by atoms with Gasteiger partial charge in [-0.1, -0.05) is 13.8 Å². The molecular formula is C16H20F3N2O6PS. The van der Waals surface area contributed by atoms with Gasteiger partial charge in [0.15, 0.2) is 0 Å². The Balaban J connectivity index is 2.96. The maximum Gasteiger partial charge on any atom is 0.437 e. The van der Waals surface area contributed by atoms with Crippen molar-refractivity contribution in [2.45, 2.75) is 37.8 Å². The second-order valence-corrected chi connectivity index (χ2v) is 9.64. The topological polar surface area (TPSA) is 117 Å². The Kier molecular flexibility index (Phi) is 6.65. The molecule has 0 spiro atoms. The van der Waals surface area contributed by atoms with E-state index >= 15 is 0 Å². The quantitative estimate of drug-likeness (QED) is 0.619. The number of benzene rings is 1. The van der Waals surface area contributed by atoms with Gasteiger partial charge in [0.2, 0.25) is 10.0 Å². The molecule has 13 heteroatoms. The van der Waals surface area contributed by atoms with Crippen molar-refractivity contribution in [3.8, 4) is 0 Å². The van der Waals surface area contributed by atoms with E-state index in [4.69, 9.17) is 0 Å². The smallest absolute Gasteiger partial charge is 0.308 e. The summed E-state index contributed by atoms with van der Waals surface area (Å²) in [6.07, 6.45) is -4.38. The van der Waals surface area contributed by atoms with E-state index in [1.54, 1.807) is 13.8 Å². The SMILES string of the molecule is CCCN(CCC)S(=O)(=O)c1cc2ccc(=O)n(P(=O)(O)O)c2cc1C(F)(F)F. The molecule has 2 rings (SSSR count). The average molecular weight is 456 g/mol. The van der Waals surface area contributed by atoms with Crippen molar-refractivity contribution in [2.24, 2.45) is 0 Å². The maximum absolute atomic E-state index is 13.7. The number of sulfonamides is 1. The Labute approximate surface area is 164 Å². The number of hydrogen-bond donors (Lipinski definition) is 2. The molecule has 0 saturated heterocycles. The van der Waals surface area contributed by atoms with Crippen LogP contribution in [0.1, 0.15) is 32.3 Å². The minimum Gasteiger partial charge on any atom is -0.308 e. The first-order valence-corrected chi connectivity index (χ1v) is 11.6. The fraction of sp³-hybridized carbons (Fsp3) is 0.438. The molecule has 0 saturated carbocycles. The molecule has 1 aromatic heterocycles. The number of rotatable bonds is 7. The van der Waals surface area contributed by atoms with Gasteiger partial charge in [-0.2, -0.15) is 17.5 Å². The summed E-state index contributed by atoms with van der Waals surface area (Å²) in [5.41, 5.74) is -3.53. The summed E-state index contributed by atoms with van der Waals surface area (Å²) in [5.74, 6) is 0. The lowest BCUT2D eigenvalue weighted by atomic mass is 10.1. The van der Waals surface area contributed by atoms with Crippen LogP contribution in [0.15, 0.2) is 34.0 Å². The molecule has 1 aromatic carbocycles. The Bertz CT molecular complexity index is 1120. The fourth-order valence-corrected chi connectivity index (χ4v) is 5.57. The summed E-state index contributed by atoms with van der Waals surface area (Å²) < 4.78 is 79.6. The summed E-state index contributed by atoms with van der Waals surface area (Å²) in [4.78, 5) is 29.6. The zero-order valence-electron chi connectivity index (χ0n) is 15.5. The van der Waals surface area contributed by atoms with E-state index in [-0.39, 0.29) is 22.8 Å². The standard InChI is InChI=1S/C16H20F3N2O6PS/c1-3-7-20(8-4-2)29(26,27)14-9-11-5-6-15(22)21(28(23,24)25)13(11)10-12(14)16(17,18)19/h5-6,9-10H,3-4,7-8H2,1-2H3,(H2,23,24,25). The van der Waals surface area contributed by atoms with Crippen LogP contribution in [0.3, 0.4) is 0 Å². The Morgan fingerprint density at radius 2 is 1.66 bits per heavy atom. The van der Waals surface area contributed by atoms with Crippen LogP contribution in [-0.2, 0) is 20.8 Å². The first-order chi connectivity index (χ1) is 13.2. The fourth-order valence-electron chi connectivity index (χ4n) is 2.95. The van der Waals surface area contributed by atoms with Crippen molar-refractivity contribution >= 4 is 28.7 Å². The summed E-state index contributed by atoms with van der Waals surface area (Å²) in [6, 6.07) is 2.75. The lowest BCUT2D eigenvalue weighted by molar-refractivity contribution is -0.139. The highest BCUT2D eigenvalue weighted by Crippen LogP contribution is 2.42. The van der Waals surface area contributed by atoms with Crippen LogP contribution in [0.4, 0.5) is 13.2 Å². The van der Waals surface area contributed by atoms with Gasteiger partial charge in [0.05, 0.1) is 16.0 Å². The molecule has 0 aliphatic carbocycles. The lowest BCUT2D eigenvalue weighted by Gasteiger charge is -2.24. The summed E-state index contributed by atoms with van der Waals surface area (Å²) in [7, 11) is -9.85. The van der Waals surface area contributed by atoms with Gasteiger partial charge in [0.25, 0.3) is 5.56 Å². The molecular weight excluding hydrogens is 436 g/mol. The Hall–Kier alpha value is -1.72. The molecule has 0 fully saturated rings. The van der Waals surface area contributed by atoms with E-state index < -0.39 is 45.5 Å². The van der Waals surface area contributed by atoms with Crippen molar-refractivity contribution < 1.29 is 35.9 Å². The van der Waals surface area contributed by atoms with Crippen LogP contribution in [0, 0.1) is 0 Å². The lowest BCUT2D eigenvalue weighted by Crippen LogP contribution is -2.34. The van der Waals surface area contributed by atoms with Crippen molar-refractivity contribution in [3.63, 3.8) is 0 Å². The zero-order chi connectivity index (χ0) is 22.2. The largest absolute Gasteiger partial charge is 0.437 e. The highest BCUT2D eigenvalue weighted by Gasteiger charge is 2.40. The minimum absolute atomic E-state index is 0.00743. The molecule has 29 heavy (non-hydrogen) atoms. The van der Waals surface area contributed by atoms with Gasteiger partial charge in [0.1, 0.15) is 0 Å². The van der Waals surface area contributed by atoms with E-state index in [9.17, 15) is 40.7 Å². The van der Waals surface area contributed by atoms with Gasteiger partial charge < -0.3 is 9.79 Å². The molecule has 1 heterocycles.